The summed E-state index contributed by atoms with van der Waals surface area (Å²) in [6.45, 7) is 8.60. The van der Waals surface area contributed by atoms with Gasteiger partial charge >= 0.3 is 0 Å². The van der Waals surface area contributed by atoms with E-state index in [1.807, 2.05) is 31.1 Å². The van der Waals surface area contributed by atoms with E-state index in [-0.39, 0.29) is 18.0 Å². The summed E-state index contributed by atoms with van der Waals surface area (Å²) in [7, 11) is -3.74. The predicted molar refractivity (Wildman–Crippen MR) is 192 cm³/mol. The molecule has 0 bridgehead atoms. The Hall–Kier alpha value is -2.02. The molecule has 11 heteroatoms. The van der Waals surface area contributed by atoms with Crippen molar-refractivity contribution in [2.75, 3.05) is 77.9 Å². The fourth-order valence-corrected chi connectivity index (χ4v) is 10.7. The number of allylic oxidation sites excluding steroid dienone is 2. The highest BCUT2D eigenvalue weighted by molar-refractivity contribution is 7.89. The number of anilines is 1. The molecule has 0 spiro atoms. The highest BCUT2D eigenvalue weighted by Gasteiger charge is 2.33. The first-order valence-corrected chi connectivity index (χ1v) is 20.7. The quantitative estimate of drug-likeness (QED) is 0.329. The molecule has 4 aliphatic rings. The molecule has 1 aromatic carbocycles. The molecule has 262 valence electrons. The fourth-order valence-electron chi connectivity index (χ4n) is 7.59. The second-order valence-corrected chi connectivity index (χ2v) is 18.0. The summed E-state index contributed by atoms with van der Waals surface area (Å²) in [4.78, 5) is 4.65. The zero-order valence-electron chi connectivity index (χ0n) is 28.8. The predicted octanol–water partition coefficient (Wildman–Crippen LogP) is 5.65. The van der Waals surface area contributed by atoms with Crippen LogP contribution < -0.4 is 4.90 Å². The fraction of sp³-hybridized carbons (Fsp3) is 0.667. The number of sulfonamides is 1. The van der Waals surface area contributed by atoms with Gasteiger partial charge in [0.15, 0.2) is 0 Å². The molecule has 5 rings (SSSR count). The minimum Gasteiger partial charge on any atom is -0.378 e. The monoisotopic (exact) mass is 687 g/mol. The minimum absolute atomic E-state index is 0.0879. The third-order valence-electron chi connectivity index (χ3n) is 10.3. The van der Waals surface area contributed by atoms with E-state index in [0.717, 1.165) is 57.4 Å². The summed E-state index contributed by atoms with van der Waals surface area (Å²) < 4.78 is 61.1. The molecule has 1 saturated heterocycles. The number of hydrogen-bond donors (Lipinski definition) is 0. The van der Waals surface area contributed by atoms with Gasteiger partial charge in [0.25, 0.3) is 10.2 Å². The molecule has 0 unspecified atom stereocenters. The third-order valence-corrected chi connectivity index (χ3v) is 14.1. The van der Waals surface area contributed by atoms with Crippen LogP contribution in [0, 0.1) is 5.92 Å². The molecular formula is C36H57N5O4S2. The van der Waals surface area contributed by atoms with Crippen LogP contribution in [-0.4, -0.2) is 108 Å². The molecule has 2 aliphatic heterocycles. The maximum absolute atomic E-state index is 14.2. The van der Waals surface area contributed by atoms with Gasteiger partial charge in [0, 0.05) is 65.6 Å². The highest BCUT2D eigenvalue weighted by atomic mass is 32.2. The lowest BCUT2D eigenvalue weighted by molar-refractivity contribution is 0.187. The standard InChI is InChI=1S/C36H57N5O4S2/c1-31-28-40(46(42,43)36-18-16-35(17-19-36)37(2)3)24-10-22-38(30-32-12-6-4-7-13-32)23-11-25-41(29-31)47(44,45)39-26-20-34(21-27-39)33-14-8-5-9-15-33/h14,16-20,32H,1,4-13,15,21-30H2,2-3H3. The Balaban J connectivity index is 1.36. The molecule has 1 saturated carbocycles. The van der Waals surface area contributed by atoms with Gasteiger partial charge in [-0.05, 0) is 118 Å². The molecule has 2 aliphatic carbocycles. The van der Waals surface area contributed by atoms with E-state index in [1.54, 1.807) is 20.7 Å². The van der Waals surface area contributed by atoms with Crippen molar-refractivity contribution in [2.24, 2.45) is 5.92 Å². The maximum atomic E-state index is 14.2. The van der Waals surface area contributed by atoms with Gasteiger partial charge in [0.05, 0.1) is 4.90 Å². The second-order valence-electron chi connectivity index (χ2n) is 14.1. The summed E-state index contributed by atoms with van der Waals surface area (Å²) in [6, 6.07) is 6.97. The van der Waals surface area contributed by atoms with Crippen molar-refractivity contribution >= 4 is 25.9 Å². The molecule has 0 radical (unpaired) electrons. The van der Waals surface area contributed by atoms with E-state index in [1.165, 1.54) is 60.4 Å². The Kier molecular flexibility index (Phi) is 12.8. The van der Waals surface area contributed by atoms with E-state index in [2.05, 4.69) is 23.6 Å². The van der Waals surface area contributed by atoms with Crippen molar-refractivity contribution in [3.8, 4) is 0 Å². The van der Waals surface area contributed by atoms with Crippen LogP contribution in [0.25, 0.3) is 0 Å². The largest absolute Gasteiger partial charge is 0.378 e. The van der Waals surface area contributed by atoms with Gasteiger partial charge in [-0.25, -0.2) is 8.42 Å². The van der Waals surface area contributed by atoms with Gasteiger partial charge in [0.1, 0.15) is 0 Å². The van der Waals surface area contributed by atoms with Crippen LogP contribution in [0.5, 0.6) is 0 Å². The summed E-state index contributed by atoms with van der Waals surface area (Å²) in [5, 5.41) is 0. The number of hydrogen-bond acceptors (Lipinski definition) is 6. The Morgan fingerprint density at radius 2 is 1.38 bits per heavy atom. The first kappa shape index (κ1) is 36.3. The van der Waals surface area contributed by atoms with Gasteiger partial charge < -0.3 is 9.80 Å². The minimum atomic E-state index is -3.82. The summed E-state index contributed by atoms with van der Waals surface area (Å²) in [6.07, 6.45) is 17.6. The van der Waals surface area contributed by atoms with E-state index >= 15 is 0 Å². The molecular weight excluding hydrogens is 631 g/mol. The van der Waals surface area contributed by atoms with Crippen LogP contribution in [0.4, 0.5) is 5.69 Å². The van der Waals surface area contributed by atoms with Crippen molar-refractivity contribution < 1.29 is 16.8 Å². The molecule has 47 heavy (non-hydrogen) atoms. The van der Waals surface area contributed by atoms with Crippen LogP contribution in [0.2, 0.25) is 0 Å². The van der Waals surface area contributed by atoms with E-state index in [9.17, 15) is 16.8 Å². The topological polar surface area (TPSA) is 84.5 Å². The molecule has 0 aromatic heterocycles. The van der Waals surface area contributed by atoms with Crippen LogP contribution in [0.15, 0.2) is 64.6 Å². The van der Waals surface area contributed by atoms with Crippen molar-refractivity contribution in [1.82, 2.24) is 17.8 Å². The average molecular weight is 688 g/mol. The smallest absolute Gasteiger partial charge is 0.282 e. The number of nitrogens with zero attached hydrogens (tertiary/aromatic N) is 5. The molecule has 2 fully saturated rings. The van der Waals surface area contributed by atoms with Crippen LogP contribution in [0.3, 0.4) is 0 Å². The lowest BCUT2D eigenvalue weighted by Crippen LogP contribution is -2.48. The zero-order valence-corrected chi connectivity index (χ0v) is 30.4. The molecule has 0 amide bonds. The van der Waals surface area contributed by atoms with Crippen LogP contribution in [-0.2, 0) is 20.2 Å². The molecule has 9 nitrogen and oxygen atoms in total. The van der Waals surface area contributed by atoms with E-state index in [4.69, 9.17) is 0 Å². The Morgan fingerprint density at radius 3 is 2.00 bits per heavy atom. The maximum Gasteiger partial charge on any atom is 0.282 e. The zero-order chi connectivity index (χ0) is 33.4. The molecule has 1 aromatic rings. The number of rotatable bonds is 8. The summed E-state index contributed by atoms with van der Waals surface area (Å²) in [5.41, 5.74) is 4.20. The summed E-state index contributed by atoms with van der Waals surface area (Å²) >= 11 is 0. The molecule has 2 heterocycles. The van der Waals surface area contributed by atoms with Crippen LogP contribution in [0.1, 0.15) is 77.0 Å². The third kappa shape index (κ3) is 9.57. The molecule has 0 atom stereocenters. The van der Waals surface area contributed by atoms with Gasteiger partial charge in [0.2, 0.25) is 10.0 Å². The summed E-state index contributed by atoms with van der Waals surface area (Å²) in [5.74, 6) is 0.653. The first-order valence-electron chi connectivity index (χ1n) is 17.8. The number of benzene rings is 1. The lowest BCUT2D eigenvalue weighted by Gasteiger charge is -2.35. The van der Waals surface area contributed by atoms with E-state index in [0.29, 0.717) is 37.7 Å². The van der Waals surface area contributed by atoms with Crippen molar-refractivity contribution in [3.63, 3.8) is 0 Å². The van der Waals surface area contributed by atoms with Crippen molar-refractivity contribution in [2.45, 2.75) is 81.9 Å². The highest BCUT2D eigenvalue weighted by Crippen LogP contribution is 2.30. The van der Waals surface area contributed by atoms with Gasteiger partial charge in [-0.1, -0.05) is 38.0 Å². The van der Waals surface area contributed by atoms with Crippen molar-refractivity contribution in [1.29, 1.82) is 0 Å². The van der Waals surface area contributed by atoms with Gasteiger partial charge in [-0.2, -0.15) is 21.3 Å². The van der Waals surface area contributed by atoms with Crippen LogP contribution >= 0.6 is 0 Å². The SMILES string of the molecule is C=C1CN(S(=O)(=O)c2ccc(N(C)C)cc2)CCCN(CC2CCCCC2)CCCN(S(=O)(=O)N2CC=C(C3=CCCCC3)CC2)C1. The molecule has 0 N–H and O–H groups in total. The van der Waals surface area contributed by atoms with Gasteiger partial charge in [-0.15, -0.1) is 0 Å². The Morgan fingerprint density at radius 1 is 0.723 bits per heavy atom. The average Bonchev–Trinajstić information content (AvgIpc) is 3.07. The van der Waals surface area contributed by atoms with Gasteiger partial charge in [-0.3, -0.25) is 0 Å². The second kappa shape index (κ2) is 16.6. The normalized spacial score (nSPS) is 23.4. The first-order chi connectivity index (χ1) is 22.5. The lowest BCUT2D eigenvalue weighted by atomic mass is 9.89. The Bertz CT molecular complexity index is 1480. The van der Waals surface area contributed by atoms with Crippen molar-refractivity contribution in [3.05, 3.63) is 59.7 Å². The van der Waals surface area contributed by atoms with E-state index < -0.39 is 20.2 Å². The Labute approximate surface area is 285 Å².